The van der Waals surface area contributed by atoms with Gasteiger partial charge in [-0.05, 0) is 81.8 Å². The predicted molar refractivity (Wildman–Crippen MR) is 109 cm³/mol. The van der Waals surface area contributed by atoms with E-state index in [1.54, 1.807) is 0 Å². The van der Waals surface area contributed by atoms with E-state index >= 15 is 0 Å². The molecule has 0 saturated carbocycles. The van der Waals surface area contributed by atoms with Gasteiger partial charge in [0.05, 0.1) is 0 Å². The van der Waals surface area contributed by atoms with Gasteiger partial charge in [-0.15, -0.1) is 0 Å². The summed E-state index contributed by atoms with van der Waals surface area (Å²) in [4.78, 5) is 4.51. The van der Waals surface area contributed by atoms with Crippen LogP contribution in [-0.2, 0) is 26.5 Å². The molecule has 1 heterocycles. The molecule has 0 unspecified atom stereocenters. The second kappa shape index (κ2) is 9.14. The fourth-order valence-electron chi connectivity index (χ4n) is 3.84. The average molecular weight is 463 g/mol. The van der Waals surface area contributed by atoms with Gasteiger partial charge >= 0.3 is 29.2 Å². The molecule has 26 heavy (non-hydrogen) atoms. The molecule has 0 atom stereocenters. The van der Waals surface area contributed by atoms with Crippen LogP contribution in [0.2, 0.25) is 0 Å². The maximum absolute atomic E-state index is 4.45. The predicted octanol–water partition coefficient (Wildman–Crippen LogP) is 6.14. The fourth-order valence-corrected chi connectivity index (χ4v) is 3.84. The Morgan fingerprint density at radius 2 is 1.23 bits per heavy atom. The zero-order valence-corrected chi connectivity index (χ0v) is 18.6. The molecule has 144 valence electrons. The van der Waals surface area contributed by atoms with Crippen molar-refractivity contribution in [2.45, 2.75) is 48.1 Å². The monoisotopic (exact) mass is 461 g/mol. The van der Waals surface area contributed by atoms with Gasteiger partial charge in [-0.3, -0.25) is 0 Å². The maximum atomic E-state index is 4.45. The van der Waals surface area contributed by atoms with Gasteiger partial charge in [-0.25, -0.2) is 0 Å². The summed E-state index contributed by atoms with van der Waals surface area (Å²) in [7, 11) is 4.45. The molecule has 0 aromatic heterocycles. The molecule has 2 nitrogen and oxygen atoms in total. The number of aryl methyl sites for hydroxylation is 6. The summed E-state index contributed by atoms with van der Waals surface area (Å²) < 4.78 is 0. The molecule has 0 bridgehead atoms. The Morgan fingerprint density at radius 3 is 1.73 bits per heavy atom. The third-order valence-electron chi connectivity index (χ3n) is 4.77. The Bertz CT molecular complexity index is 768. The number of benzene rings is 2. The SMILES string of the molecule is Cc1cc(C)c(CN2C=CN(c3c(C)cc(C)cc3C)[CH-]2)c(C)c1.[Cl][Ag]. The van der Waals surface area contributed by atoms with Crippen molar-refractivity contribution in [3.8, 4) is 0 Å². The molecule has 1 aliphatic rings. The van der Waals surface area contributed by atoms with Gasteiger partial charge in [0.1, 0.15) is 0 Å². The van der Waals surface area contributed by atoms with Crippen molar-refractivity contribution in [2.24, 2.45) is 0 Å². The third-order valence-corrected chi connectivity index (χ3v) is 4.77. The van der Waals surface area contributed by atoms with Gasteiger partial charge in [0.15, 0.2) is 0 Å². The Balaban J connectivity index is 0.00000117. The van der Waals surface area contributed by atoms with Crippen LogP contribution >= 0.6 is 9.19 Å². The molecule has 3 rings (SSSR count). The summed E-state index contributed by atoms with van der Waals surface area (Å²) in [5.41, 5.74) is 10.7. The number of anilines is 1. The van der Waals surface area contributed by atoms with Crippen LogP contribution < -0.4 is 4.90 Å². The van der Waals surface area contributed by atoms with Crippen LogP contribution in [0.25, 0.3) is 0 Å². The van der Waals surface area contributed by atoms with E-state index in [1.165, 1.54) is 44.6 Å². The van der Waals surface area contributed by atoms with Crippen molar-refractivity contribution in [1.82, 2.24) is 4.90 Å². The first-order valence-corrected chi connectivity index (χ1v) is 10.6. The van der Waals surface area contributed by atoms with E-state index in [0.717, 1.165) is 6.54 Å². The van der Waals surface area contributed by atoms with Gasteiger partial charge in [-0.1, -0.05) is 35.4 Å². The second-order valence-corrected chi connectivity index (χ2v) is 7.12. The summed E-state index contributed by atoms with van der Waals surface area (Å²) in [5, 5.41) is 0. The molecule has 0 aliphatic carbocycles. The first kappa shape index (κ1) is 21.1. The average Bonchev–Trinajstić information content (AvgIpc) is 3.00. The summed E-state index contributed by atoms with van der Waals surface area (Å²) in [6, 6.07) is 9.05. The molecular weight excluding hydrogens is 436 g/mol. The Morgan fingerprint density at radius 1 is 0.769 bits per heavy atom. The number of nitrogens with zero attached hydrogens (tertiary/aromatic N) is 2. The number of hydrogen-bond acceptors (Lipinski definition) is 2. The number of rotatable bonds is 3. The topological polar surface area (TPSA) is 6.48 Å². The molecule has 0 spiro atoms. The molecule has 1 aliphatic heterocycles. The van der Waals surface area contributed by atoms with Gasteiger partial charge in [0, 0.05) is 12.2 Å². The molecule has 0 amide bonds. The van der Waals surface area contributed by atoms with E-state index in [9.17, 15) is 0 Å². The van der Waals surface area contributed by atoms with E-state index in [1.807, 2.05) is 0 Å². The molecule has 4 heteroatoms. The van der Waals surface area contributed by atoms with Gasteiger partial charge in [0.25, 0.3) is 0 Å². The zero-order valence-electron chi connectivity index (χ0n) is 16.3. The summed E-state index contributed by atoms with van der Waals surface area (Å²) >= 11 is 2.42. The van der Waals surface area contributed by atoms with Crippen molar-refractivity contribution < 1.29 is 20.0 Å². The van der Waals surface area contributed by atoms with Crippen molar-refractivity contribution in [3.63, 3.8) is 0 Å². The minimum atomic E-state index is 0.912. The van der Waals surface area contributed by atoms with Gasteiger partial charge in [0.2, 0.25) is 0 Å². The van der Waals surface area contributed by atoms with Crippen LogP contribution in [0.4, 0.5) is 5.69 Å². The standard InChI is InChI=1S/C22H27N2.Ag.ClH/c1-15-9-17(3)21(18(4)10-15)13-23-7-8-24(14-23)22-19(5)11-16(2)12-20(22)6;;/h7-12,14H,13H2,1-6H3;;1H/q-1;+1;/p-1. The van der Waals surface area contributed by atoms with Gasteiger partial charge < -0.3 is 9.80 Å². The number of halogens is 1. The molecule has 2 aromatic carbocycles. The fraction of sp³-hybridized carbons (Fsp3) is 0.318. The van der Waals surface area contributed by atoms with Crippen LogP contribution in [0.5, 0.6) is 0 Å². The van der Waals surface area contributed by atoms with Crippen molar-refractivity contribution in [3.05, 3.63) is 82.3 Å². The quantitative estimate of drug-likeness (QED) is 0.399. The Kier molecular flexibility index (Phi) is 7.42. The molecule has 0 radical (unpaired) electrons. The first-order chi connectivity index (χ1) is 12.3. The number of hydrogen-bond donors (Lipinski definition) is 0. The van der Waals surface area contributed by atoms with Crippen molar-refractivity contribution in [1.29, 1.82) is 0 Å². The normalized spacial score (nSPS) is 13.1. The van der Waals surface area contributed by atoms with E-state index in [0.29, 0.717) is 0 Å². The van der Waals surface area contributed by atoms with Crippen LogP contribution in [0.1, 0.15) is 38.9 Å². The molecule has 2 aromatic rings. The van der Waals surface area contributed by atoms with E-state index in [-0.39, 0.29) is 0 Å². The van der Waals surface area contributed by atoms with Crippen LogP contribution in [0.15, 0.2) is 36.7 Å². The van der Waals surface area contributed by atoms with Crippen molar-refractivity contribution >= 4 is 14.9 Å². The summed E-state index contributed by atoms with van der Waals surface area (Å²) in [6.45, 7) is 16.2. The van der Waals surface area contributed by atoms with E-state index < -0.39 is 0 Å². The van der Waals surface area contributed by atoms with Gasteiger partial charge in [-0.2, -0.15) is 6.67 Å². The third kappa shape index (κ3) is 4.75. The van der Waals surface area contributed by atoms with Crippen LogP contribution in [0.3, 0.4) is 0 Å². The van der Waals surface area contributed by atoms with Crippen molar-refractivity contribution in [2.75, 3.05) is 4.90 Å². The Labute approximate surface area is 174 Å². The molecular formula is C22H27AgClN2-. The first-order valence-electron chi connectivity index (χ1n) is 8.68. The minimum absolute atomic E-state index is 0.912. The van der Waals surface area contributed by atoms with Crippen LogP contribution in [-0.4, -0.2) is 4.90 Å². The van der Waals surface area contributed by atoms with E-state index in [4.69, 9.17) is 0 Å². The zero-order chi connectivity index (χ0) is 19.4. The summed E-state index contributed by atoms with van der Waals surface area (Å²) in [6.07, 6.45) is 4.32. The molecule has 0 fully saturated rings. The summed E-state index contributed by atoms with van der Waals surface area (Å²) in [5.74, 6) is 0. The van der Waals surface area contributed by atoms with E-state index in [2.05, 4.69) is 124 Å². The van der Waals surface area contributed by atoms with Crippen LogP contribution in [0, 0.1) is 48.2 Å². The molecule has 0 saturated heterocycles. The Hall–Kier alpha value is -1.19. The molecule has 0 N–H and O–H groups in total. The second-order valence-electron chi connectivity index (χ2n) is 7.12.